The van der Waals surface area contributed by atoms with E-state index >= 15 is 0 Å². The van der Waals surface area contributed by atoms with Crippen LogP contribution in [0.2, 0.25) is 0 Å². The zero-order chi connectivity index (χ0) is 13.2. The fraction of sp³-hybridized carbons (Fsp3) is 0.438. The Morgan fingerprint density at radius 3 is 2.21 bits per heavy atom. The molecule has 3 heteroatoms. The first-order valence-corrected chi connectivity index (χ1v) is 7.76. The summed E-state index contributed by atoms with van der Waals surface area (Å²) < 4.78 is 1.03. The van der Waals surface area contributed by atoms with Crippen molar-refractivity contribution in [2.24, 2.45) is 17.8 Å². The highest BCUT2D eigenvalue weighted by atomic mass is 79.9. The van der Waals surface area contributed by atoms with E-state index in [1.54, 1.807) is 0 Å². The Bertz CT molecular complexity index is 478. The third-order valence-electron chi connectivity index (χ3n) is 4.25. The Morgan fingerprint density at radius 1 is 1.05 bits per heavy atom. The standard InChI is InChI=1S/C16H18BrNO/c17-11-7-9-12(10-8-11)18-16(19)15-13-5-3-1-2-4-6-14(13)15/h1-2,7-10,13-15H,3-6H2,(H,18,19)/b2-1+/t13-,14-/m0/s1. The van der Waals surface area contributed by atoms with E-state index in [-0.39, 0.29) is 11.8 Å². The molecule has 2 atom stereocenters. The van der Waals surface area contributed by atoms with Crippen LogP contribution in [0.25, 0.3) is 0 Å². The smallest absolute Gasteiger partial charge is 0.228 e. The van der Waals surface area contributed by atoms with Gasteiger partial charge in [0.05, 0.1) is 0 Å². The highest BCUT2D eigenvalue weighted by Gasteiger charge is 2.53. The Hall–Kier alpha value is -1.09. The van der Waals surface area contributed by atoms with Crippen LogP contribution in [-0.2, 0) is 4.79 Å². The van der Waals surface area contributed by atoms with Crippen LogP contribution in [-0.4, -0.2) is 5.91 Å². The quantitative estimate of drug-likeness (QED) is 0.805. The lowest BCUT2D eigenvalue weighted by Gasteiger charge is -2.04. The minimum atomic E-state index is 0.208. The second-order valence-corrected chi connectivity index (χ2v) is 6.39. The van der Waals surface area contributed by atoms with Crippen LogP contribution in [0.15, 0.2) is 40.9 Å². The maximum atomic E-state index is 12.3. The van der Waals surface area contributed by atoms with E-state index in [1.807, 2.05) is 24.3 Å². The number of allylic oxidation sites excluding steroid dienone is 2. The van der Waals surface area contributed by atoms with E-state index < -0.39 is 0 Å². The van der Waals surface area contributed by atoms with Gasteiger partial charge in [-0.2, -0.15) is 0 Å². The molecule has 1 amide bonds. The van der Waals surface area contributed by atoms with Gasteiger partial charge in [0.1, 0.15) is 0 Å². The van der Waals surface area contributed by atoms with Gasteiger partial charge in [0.25, 0.3) is 0 Å². The molecule has 2 nitrogen and oxygen atoms in total. The summed E-state index contributed by atoms with van der Waals surface area (Å²) in [6, 6.07) is 7.78. The fourth-order valence-electron chi connectivity index (χ4n) is 3.19. The van der Waals surface area contributed by atoms with Crippen molar-refractivity contribution in [1.82, 2.24) is 0 Å². The summed E-state index contributed by atoms with van der Waals surface area (Å²) in [7, 11) is 0. The number of amides is 1. The van der Waals surface area contributed by atoms with Crippen molar-refractivity contribution in [3.05, 3.63) is 40.9 Å². The van der Waals surface area contributed by atoms with Crippen LogP contribution in [0.3, 0.4) is 0 Å². The summed E-state index contributed by atoms with van der Waals surface area (Å²) in [5, 5.41) is 3.05. The van der Waals surface area contributed by atoms with E-state index in [2.05, 4.69) is 33.4 Å². The lowest BCUT2D eigenvalue weighted by molar-refractivity contribution is -0.117. The van der Waals surface area contributed by atoms with Crippen molar-refractivity contribution >= 4 is 27.5 Å². The maximum absolute atomic E-state index is 12.3. The summed E-state index contributed by atoms with van der Waals surface area (Å²) in [5.74, 6) is 1.67. The van der Waals surface area contributed by atoms with E-state index in [4.69, 9.17) is 0 Å². The molecule has 0 aliphatic heterocycles. The van der Waals surface area contributed by atoms with Crippen molar-refractivity contribution in [1.29, 1.82) is 0 Å². The largest absolute Gasteiger partial charge is 0.326 e. The number of nitrogens with one attached hydrogen (secondary N) is 1. The molecular formula is C16H18BrNO. The summed E-state index contributed by atoms with van der Waals surface area (Å²) in [6.45, 7) is 0. The Balaban J connectivity index is 1.61. The maximum Gasteiger partial charge on any atom is 0.228 e. The molecule has 0 heterocycles. The van der Waals surface area contributed by atoms with Crippen molar-refractivity contribution in [3.8, 4) is 0 Å². The molecule has 0 unspecified atom stereocenters. The van der Waals surface area contributed by atoms with Gasteiger partial charge in [-0.15, -0.1) is 0 Å². The van der Waals surface area contributed by atoms with Crippen molar-refractivity contribution in [2.45, 2.75) is 25.7 Å². The van der Waals surface area contributed by atoms with Crippen molar-refractivity contribution in [3.63, 3.8) is 0 Å². The van der Waals surface area contributed by atoms with Gasteiger partial charge in [0.2, 0.25) is 5.91 Å². The van der Waals surface area contributed by atoms with Crippen LogP contribution in [0.1, 0.15) is 25.7 Å². The first kappa shape index (κ1) is 12.9. The summed E-state index contributed by atoms with van der Waals surface area (Å²) >= 11 is 3.40. The molecule has 1 saturated carbocycles. The Labute approximate surface area is 122 Å². The Kier molecular flexibility index (Phi) is 3.74. The zero-order valence-corrected chi connectivity index (χ0v) is 12.4. The van der Waals surface area contributed by atoms with Crippen molar-refractivity contribution in [2.75, 3.05) is 5.32 Å². The number of anilines is 1. The monoisotopic (exact) mass is 319 g/mol. The van der Waals surface area contributed by atoms with Gasteiger partial charge in [-0.25, -0.2) is 0 Å². The summed E-state index contributed by atoms with van der Waals surface area (Å²) in [5.41, 5.74) is 0.894. The van der Waals surface area contributed by atoms with Gasteiger partial charge in [0, 0.05) is 16.1 Å². The number of benzene rings is 1. The second kappa shape index (κ2) is 5.49. The molecule has 100 valence electrons. The molecule has 0 radical (unpaired) electrons. The molecule has 3 rings (SSSR count). The molecule has 1 fully saturated rings. The molecule has 0 saturated heterocycles. The molecule has 0 spiro atoms. The number of carbonyl (C=O) groups is 1. The molecule has 2 aliphatic rings. The summed E-state index contributed by atoms with van der Waals surface area (Å²) in [4.78, 5) is 12.3. The van der Waals surface area contributed by atoms with E-state index in [0.29, 0.717) is 11.8 Å². The lowest BCUT2D eigenvalue weighted by atomic mass is 10.1. The third kappa shape index (κ3) is 2.92. The number of halogens is 1. The number of fused-ring (bicyclic) bond motifs is 1. The molecule has 0 aromatic heterocycles. The molecule has 1 N–H and O–H groups in total. The van der Waals surface area contributed by atoms with E-state index in [0.717, 1.165) is 23.0 Å². The minimum Gasteiger partial charge on any atom is -0.326 e. The topological polar surface area (TPSA) is 29.1 Å². The Morgan fingerprint density at radius 2 is 1.63 bits per heavy atom. The van der Waals surface area contributed by atoms with Crippen LogP contribution >= 0.6 is 15.9 Å². The average molecular weight is 320 g/mol. The highest BCUT2D eigenvalue weighted by molar-refractivity contribution is 9.10. The van der Waals surface area contributed by atoms with E-state index in [1.165, 1.54) is 12.8 Å². The first-order chi connectivity index (χ1) is 9.25. The predicted octanol–water partition coefficient (Wildman–Crippen LogP) is 4.38. The molecule has 2 aliphatic carbocycles. The van der Waals surface area contributed by atoms with Crippen molar-refractivity contribution < 1.29 is 4.79 Å². The van der Waals surface area contributed by atoms with Gasteiger partial charge < -0.3 is 5.32 Å². The van der Waals surface area contributed by atoms with Crippen LogP contribution in [0.5, 0.6) is 0 Å². The SMILES string of the molecule is O=C(Nc1ccc(Br)cc1)C1[C@H]2CC/C=C/CC[C@H]12. The highest BCUT2D eigenvalue weighted by Crippen LogP contribution is 2.53. The normalized spacial score (nSPS) is 30.7. The van der Waals surface area contributed by atoms with Gasteiger partial charge in [-0.1, -0.05) is 28.1 Å². The molecule has 1 aromatic rings. The van der Waals surface area contributed by atoms with Gasteiger partial charge >= 0.3 is 0 Å². The summed E-state index contributed by atoms with van der Waals surface area (Å²) in [6.07, 6.45) is 9.11. The number of carbonyl (C=O) groups excluding carboxylic acids is 1. The molecule has 19 heavy (non-hydrogen) atoms. The van der Waals surface area contributed by atoms with Crippen LogP contribution in [0.4, 0.5) is 5.69 Å². The predicted molar refractivity (Wildman–Crippen MR) is 80.8 cm³/mol. The van der Waals surface area contributed by atoms with E-state index in [9.17, 15) is 4.79 Å². The van der Waals surface area contributed by atoms with Crippen LogP contribution in [0, 0.1) is 17.8 Å². The third-order valence-corrected chi connectivity index (χ3v) is 4.77. The van der Waals surface area contributed by atoms with Gasteiger partial charge in [-0.05, 0) is 61.8 Å². The average Bonchev–Trinajstić information content (AvgIpc) is 3.03. The molecule has 0 bridgehead atoms. The molecular weight excluding hydrogens is 302 g/mol. The zero-order valence-electron chi connectivity index (χ0n) is 10.8. The first-order valence-electron chi connectivity index (χ1n) is 6.97. The second-order valence-electron chi connectivity index (χ2n) is 5.48. The van der Waals surface area contributed by atoms with Crippen LogP contribution < -0.4 is 5.32 Å². The fourth-order valence-corrected chi connectivity index (χ4v) is 3.46. The lowest BCUT2D eigenvalue weighted by Crippen LogP contribution is -2.15. The number of hydrogen-bond acceptors (Lipinski definition) is 1. The molecule has 1 aromatic carbocycles. The number of hydrogen-bond donors (Lipinski definition) is 1. The minimum absolute atomic E-state index is 0.208. The van der Waals surface area contributed by atoms with Gasteiger partial charge in [-0.3, -0.25) is 4.79 Å². The number of rotatable bonds is 2. The van der Waals surface area contributed by atoms with Gasteiger partial charge in [0.15, 0.2) is 0 Å².